The number of methoxy groups -OCH3 is 1. The first-order valence-electron chi connectivity index (χ1n) is 5.43. The van der Waals surface area contributed by atoms with Gasteiger partial charge in [0.1, 0.15) is 0 Å². The molecule has 0 radical (unpaired) electrons. The molecule has 0 aromatic carbocycles. The number of nitrogens with one attached hydrogen (secondary N) is 1. The van der Waals surface area contributed by atoms with Crippen molar-refractivity contribution < 1.29 is 4.74 Å². The van der Waals surface area contributed by atoms with Crippen molar-refractivity contribution >= 4 is 5.95 Å². The Kier molecular flexibility index (Phi) is 3.04. The van der Waals surface area contributed by atoms with Crippen LogP contribution in [0.4, 0.5) is 5.95 Å². The summed E-state index contributed by atoms with van der Waals surface area (Å²) in [5.41, 5.74) is 0. The minimum Gasteiger partial charge on any atom is -0.481 e. The Morgan fingerprint density at radius 2 is 2.33 bits per heavy atom. The average molecular weight is 207 g/mol. The summed E-state index contributed by atoms with van der Waals surface area (Å²) in [6.07, 6.45) is 5.51. The molecule has 1 aromatic rings. The van der Waals surface area contributed by atoms with Crippen LogP contribution in [0.3, 0.4) is 0 Å². The molecule has 1 aliphatic carbocycles. The van der Waals surface area contributed by atoms with Crippen LogP contribution in [0.15, 0.2) is 12.3 Å². The third-order valence-corrected chi connectivity index (χ3v) is 3.02. The Hall–Kier alpha value is -1.32. The van der Waals surface area contributed by atoms with Gasteiger partial charge in [-0.1, -0.05) is 13.3 Å². The molecule has 82 valence electrons. The second kappa shape index (κ2) is 4.47. The molecule has 1 fully saturated rings. The second-order valence-electron chi connectivity index (χ2n) is 4.08. The first kappa shape index (κ1) is 10.2. The van der Waals surface area contributed by atoms with E-state index in [2.05, 4.69) is 22.2 Å². The van der Waals surface area contributed by atoms with Gasteiger partial charge in [0.15, 0.2) is 0 Å². The second-order valence-corrected chi connectivity index (χ2v) is 4.08. The Labute approximate surface area is 90.1 Å². The fraction of sp³-hybridized carbons (Fsp3) is 0.636. The van der Waals surface area contributed by atoms with Gasteiger partial charge in [-0.05, 0) is 18.8 Å². The molecule has 15 heavy (non-hydrogen) atoms. The smallest absolute Gasteiger partial charge is 0.226 e. The average Bonchev–Trinajstić information content (AvgIpc) is 2.65. The summed E-state index contributed by atoms with van der Waals surface area (Å²) in [5.74, 6) is 1.99. The van der Waals surface area contributed by atoms with E-state index >= 15 is 0 Å². The molecular weight excluding hydrogens is 190 g/mol. The third-order valence-electron chi connectivity index (χ3n) is 3.02. The number of hydrogen-bond donors (Lipinski definition) is 1. The summed E-state index contributed by atoms with van der Waals surface area (Å²) in [6.45, 7) is 2.27. The molecule has 0 amide bonds. The van der Waals surface area contributed by atoms with Crippen molar-refractivity contribution in [2.75, 3.05) is 12.4 Å². The van der Waals surface area contributed by atoms with E-state index in [1.807, 2.05) is 0 Å². The third kappa shape index (κ3) is 2.37. The van der Waals surface area contributed by atoms with Crippen molar-refractivity contribution in [3.05, 3.63) is 12.3 Å². The topological polar surface area (TPSA) is 47.0 Å². The molecule has 1 N–H and O–H groups in total. The van der Waals surface area contributed by atoms with Crippen LogP contribution in [0.25, 0.3) is 0 Å². The summed E-state index contributed by atoms with van der Waals surface area (Å²) < 4.78 is 5.06. The predicted octanol–water partition coefficient (Wildman–Crippen LogP) is 2.09. The summed E-state index contributed by atoms with van der Waals surface area (Å²) in [4.78, 5) is 8.43. The maximum absolute atomic E-state index is 5.06. The maximum Gasteiger partial charge on any atom is 0.226 e. The van der Waals surface area contributed by atoms with Gasteiger partial charge in [0.2, 0.25) is 11.8 Å². The number of aromatic nitrogens is 2. The molecule has 0 saturated heterocycles. The minimum atomic E-state index is 0.511. The van der Waals surface area contributed by atoms with Gasteiger partial charge in [-0.2, -0.15) is 4.98 Å². The normalized spacial score (nSPS) is 25.2. The van der Waals surface area contributed by atoms with Crippen LogP contribution in [0.1, 0.15) is 26.2 Å². The molecule has 2 rings (SSSR count). The molecule has 4 nitrogen and oxygen atoms in total. The van der Waals surface area contributed by atoms with E-state index in [9.17, 15) is 0 Å². The lowest BCUT2D eigenvalue weighted by Gasteiger charge is -2.17. The Balaban J connectivity index is 2.03. The number of anilines is 1. The summed E-state index contributed by atoms with van der Waals surface area (Å²) in [6, 6.07) is 2.26. The molecule has 1 saturated carbocycles. The molecule has 1 aromatic heterocycles. The summed E-state index contributed by atoms with van der Waals surface area (Å²) in [5, 5.41) is 3.36. The number of hydrogen-bond acceptors (Lipinski definition) is 4. The standard InChI is InChI=1S/C11H17N3O/c1-8-4-3-5-9(8)13-11-12-7-6-10(14-11)15-2/h6-9H,3-5H2,1-2H3,(H,12,13,14). The minimum absolute atomic E-state index is 0.511. The van der Waals surface area contributed by atoms with Gasteiger partial charge in [0.25, 0.3) is 0 Å². The molecule has 2 unspecified atom stereocenters. The van der Waals surface area contributed by atoms with Crippen molar-refractivity contribution in [1.82, 2.24) is 9.97 Å². The zero-order valence-corrected chi connectivity index (χ0v) is 9.23. The first-order chi connectivity index (χ1) is 7.29. The number of rotatable bonds is 3. The lowest BCUT2D eigenvalue weighted by Crippen LogP contribution is -2.23. The Bertz CT molecular complexity index is 329. The van der Waals surface area contributed by atoms with Crippen molar-refractivity contribution in [3.8, 4) is 5.88 Å². The van der Waals surface area contributed by atoms with Gasteiger partial charge in [0, 0.05) is 18.3 Å². The van der Waals surface area contributed by atoms with Crippen molar-refractivity contribution in [3.63, 3.8) is 0 Å². The van der Waals surface area contributed by atoms with Crippen molar-refractivity contribution in [2.45, 2.75) is 32.2 Å². The lowest BCUT2D eigenvalue weighted by molar-refractivity contribution is 0.397. The number of ether oxygens (including phenoxy) is 1. The molecule has 1 heterocycles. The van der Waals surface area contributed by atoms with E-state index in [0.29, 0.717) is 23.8 Å². The predicted molar refractivity (Wildman–Crippen MR) is 59.0 cm³/mol. The summed E-state index contributed by atoms with van der Waals surface area (Å²) in [7, 11) is 1.62. The van der Waals surface area contributed by atoms with Gasteiger partial charge in [0.05, 0.1) is 7.11 Å². The highest BCUT2D eigenvalue weighted by molar-refractivity contribution is 5.29. The van der Waals surface area contributed by atoms with E-state index in [0.717, 1.165) is 0 Å². The zero-order valence-electron chi connectivity index (χ0n) is 9.23. The zero-order chi connectivity index (χ0) is 10.7. The maximum atomic E-state index is 5.06. The van der Waals surface area contributed by atoms with E-state index in [-0.39, 0.29) is 0 Å². The van der Waals surface area contributed by atoms with Crippen molar-refractivity contribution in [2.24, 2.45) is 5.92 Å². The van der Waals surface area contributed by atoms with E-state index in [1.165, 1.54) is 19.3 Å². The van der Waals surface area contributed by atoms with Gasteiger partial charge < -0.3 is 10.1 Å². The molecule has 0 spiro atoms. The molecule has 2 atom stereocenters. The fourth-order valence-corrected chi connectivity index (χ4v) is 2.05. The monoisotopic (exact) mass is 207 g/mol. The molecule has 1 aliphatic rings. The fourth-order valence-electron chi connectivity index (χ4n) is 2.05. The Morgan fingerprint density at radius 1 is 1.47 bits per heavy atom. The SMILES string of the molecule is COc1ccnc(NC2CCCC2C)n1. The van der Waals surface area contributed by atoms with Crippen LogP contribution >= 0.6 is 0 Å². The number of nitrogens with zero attached hydrogens (tertiary/aromatic N) is 2. The van der Waals surface area contributed by atoms with Crippen LogP contribution in [-0.2, 0) is 0 Å². The highest BCUT2D eigenvalue weighted by Crippen LogP contribution is 2.27. The van der Waals surface area contributed by atoms with E-state index < -0.39 is 0 Å². The molecule has 0 bridgehead atoms. The van der Waals surface area contributed by atoms with Crippen LogP contribution in [0.5, 0.6) is 5.88 Å². The highest BCUT2D eigenvalue weighted by Gasteiger charge is 2.23. The Morgan fingerprint density at radius 3 is 3.00 bits per heavy atom. The van der Waals surface area contributed by atoms with Crippen LogP contribution in [0, 0.1) is 5.92 Å². The quantitative estimate of drug-likeness (QED) is 0.824. The molecule has 0 aliphatic heterocycles. The largest absolute Gasteiger partial charge is 0.481 e. The lowest BCUT2D eigenvalue weighted by atomic mass is 10.1. The van der Waals surface area contributed by atoms with Crippen LogP contribution in [0.2, 0.25) is 0 Å². The first-order valence-corrected chi connectivity index (χ1v) is 5.43. The highest BCUT2D eigenvalue weighted by atomic mass is 16.5. The van der Waals surface area contributed by atoms with Gasteiger partial charge in [-0.25, -0.2) is 4.98 Å². The molecule has 4 heteroatoms. The van der Waals surface area contributed by atoms with Crippen LogP contribution in [-0.4, -0.2) is 23.1 Å². The van der Waals surface area contributed by atoms with Crippen molar-refractivity contribution in [1.29, 1.82) is 0 Å². The van der Waals surface area contributed by atoms with Crippen LogP contribution < -0.4 is 10.1 Å². The molecular formula is C11H17N3O. The van der Waals surface area contributed by atoms with Gasteiger partial charge in [-0.3, -0.25) is 0 Å². The van der Waals surface area contributed by atoms with E-state index in [1.54, 1.807) is 19.4 Å². The van der Waals surface area contributed by atoms with Gasteiger partial charge in [-0.15, -0.1) is 0 Å². The van der Waals surface area contributed by atoms with E-state index in [4.69, 9.17) is 4.74 Å². The summed E-state index contributed by atoms with van der Waals surface area (Å²) >= 11 is 0. The van der Waals surface area contributed by atoms with Gasteiger partial charge >= 0.3 is 0 Å².